The molecule has 6 heteroatoms. The lowest BCUT2D eigenvalue weighted by atomic mass is 9.99. The number of benzene rings is 1. The van der Waals surface area contributed by atoms with Crippen molar-refractivity contribution in [3.8, 4) is 0 Å². The van der Waals surface area contributed by atoms with Crippen molar-refractivity contribution in [3.63, 3.8) is 0 Å². The minimum atomic E-state index is -0.285. The first kappa shape index (κ1) is 18.7. The first-order chi connectivity index (χ1) is 12.5. The van der Waals surface area contributed by atoms with Gasteiger partial charge < -0.3 is 4.90 Å². The fourth-order valence-electron chi connectivity index (χ4n) is 3.22. The summed E-state index contributed by atoms with van der Waals surface area (Å²) < 4.78 is 1.60. The summed E-state index contributed by atoms with van der Waals surface area (Å²) in [6, 6.07) is 7.31. The van der Waals surface area contributed by atoms with Crippen LogP contribution in [0.4, 0.5) is 0 Å². The second-order valence-corrected chi connectivity index (χ2v) is 8.19. The Morgan fingerprint density at radius 1 is 1.38 bits per heavy atom. The van der Waals surface area contributed by atoms with Gasteiger partial charge in [0.05, 0.1) is 16.2 Å². The van der Waals surface area contributed by atoms with Crippen molar-refractivity contribution in [1.82, 2.24) is 14.5 Å². The summed E-state index contributed by atoms with van der Waals surface area (Å²) in [4.78, 5) is 32.2. The van der Waals surface area contributed by atoms with Gasteiger partial charge in [-0.05, 0) is 37.8 Å². The minimum Gasteiger partial charge on any atom is -0.342 e. The zero-order valence-electron chi connectivity index (χ0n) is 15.4. The number of carbonyl (C=O) groups is 1. The number of hydrogen-bond donors (Lipinski definition) is 0. The Kier molecular flexibility index (Phi) is 5.81. The van der Waals surface area contributed by atoms with Crippen LogP contribution in [-0.4, -0.2) is 38.7 Å². The molecule has 5 nitrogen and oxygen atoms in total. The molecule has 0 spiro atoms. The molecular weight excluding hydrogens is 346 g/mol. The average molecular weight is 372 g/mol. The summed E-state index contributed by atoms with van der Waals surface area (Å²) in [5.41, 5.74) is 0.566. The van der Waals surface area contributed by atoms with E-state index in [0.717, 1.165) is 25.9 Å². The van der Waals surface area contributed by atoms with Gasteiger partial charge in [-0.15, -0.1) is 6.58 Å². The lowest BCUT2D eigenvalue weighted by Gasteiger charge is -2.32. The van der Waals surface area contributed by atoms with E-state index in [-0.39, 0.29) is 16.7 Å². The lowest BCUT2D eigenvalue weighted by Crippen LogP contribution is -2.42. The highest BCUT2D eigenvalue weighted by Gasteiger charge is 2.26. The van der Waals surface area contributed by atoms with Crippen LogP contribution in [0.1, 0.15) is 26.7 Å². The predicted molar refractivity (Wildman–Crippen MR) is 106 cm³/mol. The zero-order valence-corrected chi connectivity index (χ0v) is 16.2. The molecule has 1 atom stereocenters. The third kappa shape index (κ3) is 3.85. The molecule has 0 bridgehead atoms. The van der Waals surface area contributed by atoms with Crippen molar-refractivity contribution in [3.05, 3.63) is 47.3 Å². The molecule has 2 aromatic rings. The Morgan fingerprint density at radius 2 is 2.08 bits per heavy atom. The van der Waals surface area contributed by atoms with Gasteiger partial charge in [0, 0.05) is 19.6 Å². The molecule has 0 saturated carbocycles. The van der Waals surface area contributed by atoms with Gasteiger partial charge >= 0.3 is 0 Å². The third-order valence-electron chi connectivity index (χ3n) is 4.86. The number of likely N-dealkylation sites (tertiary alicyclic amines) is 1. The van der Waals surface area contributed by atoms with E-state index < -0.39 is 0 Å². The van der Waals surface area contributed by atoms with Gasteiger partial charge in [-0.2, -0.15) is 0 Å². The van der Waals surface area contributed by atoms with Gasteiger partial charge in [-0.3, -0.25) is 14.2 Å². The highest BCUT2D eigenvalue weighted by molar-refractivity contribution is 8.00. The van der Waals surface area contributed by atoms with Crippen LogP contribution in [0.15, 0.2) is 46.9 Å². The van der Waals surface area contributed by atoms with Crippen LogP contribution < -0.4 is 5.56 Å². The highest BCUT2D eigenvalue weighted by atomic mass is 32.2. The van der Waals surface area contributed by atoms with Crippen LogP contribution in [0.2, 0.25) is 0 Å². The second kappa shape index (κ2) is 8.08. The van der Waals surface area contributed by atoms with Crippen molar-refractivity contribution in [2.75, 3.05) is 13.1 Å². The number of allylic oxidation sites excluding steroid dienone is 1. The second-order valence-electron chi connectivity index (χ2n) is 6.88. The number of piperidine rings is 1. The van der Waals surface area contributed by atoms with E-state index >= 15 is 0 Å². The van der Waals surface area contributed by atoms with E-state index in [1.54, 1.807) is 16.7 Å². The minimum absolute atomic E-state index is 0.0931. The summed E-state index contributed by atoms with van der Waals surface area (Å²) in [5, 5.41) is 0.870. The average Bonchev–Trinajstić information content (AvgIpc) is 2.65. The number of thioether (sulfide) groups is 1. The van der Waals surface area contributed by atoms with E-state index in [4.69, 9.17) is 0 Å². The Bertz CT molecular complexity index is 869. The number of hydrogen-bond acceptors (Lipinski definition) is 4. The maximum absolute atomic E-state index is 12.8. The highest BCUT2D eigenvalue weighted by Crippen LogP contribution is 2.25. The smallest absolute Gasteiger partial charge is 0.262 e. The first-order valence-corrected chi connectivity index (χ1v) is 9.95. The molecule has 0 aliphatic carbocycles. The SMILES string of the molecule is C=CCn1c(SC(C)C(=O)N2CCC(C)CC2)nc2ccccc2c1=O. The number of nitrogens with zero attached hydrogens (tertiary/aromatic N) is 3. The molecule has 1 aliphatic rings. The van der Waals surface area contributed by atoms with Crippen LogP contribution in [0, 0.1) is 5.92 Å². The molecule has 1 saturated heterocycles. The topological polar surface area (TPSA) is 55.2 Å². The predicted octanol–water partition coefficient (Wildman–Crippen LogP) is 3.32. The molecular formula is C20H25N3O2S. The van der Waals surface area contributed by atoms with Gasteiger partial charge in [0.2, 0.25) is 5.91 Å². The van der Waals surface area contributed by atoms with Gasteiger partial charge in [0.25, 0.3) is 5.56 Å². The van der Waals surface area contributed by atoms with Crippen molar-refractivity contribution in [2.24, 2.45) is 5.92 Å². The Labute approximate surface area is 158 Å². The Hall–Kier alpha value is -2.08. The summed E-state index contributed by atoms with van der Waals surface area (Å²) in [7, 11) is 0. The van der Waals surface area contributed by atoms with E-state index in [1.807, 2.05) is 30.0 Å². The molecule has 1 fully saturated rings. The van der Waals surface area contributed by atoms with Gasteiger partial charge in [0.15, 0.2) is 5.16 Å². The summed E-state index contributed by atoms with van der Waals surface area (Å²) in [5.74, 6) is 0.802. The number of rotatable bonds is 5. The van der Waals surface area contributed by atoms with Crippen LogP contribution in [-0.2, 0) is 11.3 Å². The fraction of sp³-hybridized carbons (Fsp3) is 0.450. The molecule has 1 aromatic carbocycles. The number of aromatic nitrogens is 2. The molecule has 3 rings (SSSR count). The molecule has 0 radical (unpaired) electrons. The largest absolute Gasteiger partial charge is 0.342 e. The molecule has 1 unspecified atom stereocenters. The van der Waals surface area contributed by atoms with Crippen molar-refractivity contribution >= 4 is 28.6 Å². The molecule has 1 amide bonds. The van der Waals surface area contributed by atoms with Crippen molar-refractivity contribution < 1.29 is 4.79 Å². The van der Waals surface area contributed by atoms with E-state index in [9.17, 15) is 9.59 Å². The standard InChI is InChI=1S/C20H25N3O2S/c1-4-11-23-19(25)16-7-5-6-8-17(16)21-20(23)26-15(3)18(24)22-12-9-14(2)10-13-22/h4-8,14-15H,1,9-13H2,2-3H3. The number of amides is 1. The van der Waals surface area contributed by atoms with Crippen molar-refractivity contribution in [2.45, 2.75) is 43.6 Å². The van der Waals surface area contributed by atoms with Crippen LogP contribution >= 0.6 is 11.8 Å². The van der Waals surface area contributed by atoms with E-state index in [1.165, 1.54) is 11.8 Å². The quantitative estimate of drug-likeness (QED) is 0.460. The summed E-state index contributed by atoms with van der Waals surface area (Å²) in [6.45, 7) is 9.87. The maximum Gasteiger partial charge on any atom is 0.262 e. The first-order valence-electron chi connectivity index (χ1n) is 9.07. The molecule has 26 heavy (non-hydrogen) atoms. The molecule has 0 N–H and O–H groups in total. The lowest BCUT2D eigenvalue weighted by molar-refractivity contribution is -0.131. The van der Waals surface area contributed by atoms with Gasteiger partial charge in [-0.1, -0.05) is 36.9 Å². The van der Waals surface area contributed by atoms with Gasteiger partial charge in [0.1, 0.15) is 0 Å². The fourth-order valence-corrected chi connectivity index (χ4v) is 4.22. The van der Waals surface area contributed by atoms with E-state index in [2.05, 4.69) is 18.5 Å². The van der Waals surface area contributed by atoms with Crippen LogP contribution in [0.3, 0.4) is 0 Å². The molecule has 1 aromatic heterocycles. The van der Waals surface area contributed by atoms with Crippen LogP contribution in [0.5, 0.6) is 0 Å². The van der Waals surface area contributed by atoms with Gasteiger partial charge in [-0.25, -0.2) is 4.98 Å². The Morgan fingerprint density at radius 3 is 2.77 bits per heavy atom. The molecule has 2 heterocycles. The number of fused-ring (bicyclic) bond motifs is 1. The molecule has 1 aliphatic heterocycles. The monoisotopic (exact) mass is 371 g/mol. The normalized spacial score (nSPS) is 16.6. The maximum atomic E-state index is 12.8. The molecule has 138 valence electrons. The van der Waals surface area contributed by atoms with Crippen molar-refractivity contribution in [1.29, 1.82) is 0 Å². The van der Waals surface area contributed by atoms with Crippen LogP contribution in [0.25, 0.3) is 10.9 Å². The Balaban J connectivity index is 1.87. The summed E-state index contributed by atoms with van der Waals surface area (Å²) in [6.07, 6.45) is 3.79. The third-order valence-corrected chi connectivity index (χ3v) is 5.94. The number of carbonyl (C=O) groups excluding carboxylic acids is 1. The number of para-hydroxylation sites is 1. The van der Waals surface area contributed by atoms with E-state index in [0.29, 0.717) is 28.5 Å². The summed E-state index contributed by atoms with van der Waals surface area (Å²) >= 11 is 1.35. The zero-order chi connectivity index (χ0) is 18.7.